The first-order valence-electron chi connectivity index (χ1n) is 10.1. The molecule has 2 heterocycles. The van der Waals surface area contributed by atoms with Crippen molar-refractivity contribution in [3.05, 3.63) is 77.7 Å². The highest BCUT2D eigenvalue weighted by atomic mass is 19.1. The molecule has 0 radical (unpaired) electrons. The SMILES string of the molecule is O=C(CCC(=O)N1CC=C(c2c[nH]c3ccccc23)CC1)NCc1ccc(F)cc1. The Morgan fingerprint density at radius 2 is 1.87 bits per heavy atom. The number of nitrogens with zero attached hydrogens (tertiary/aromatic N) is 1. The third-order valence-electron chi connectivity index (χ3n) is 5.47. The summed E-state index contributed by atoms with van der Waals surface area (Å²) in [6.45, 7) is 1.54. The van der Waals surface area contributed by atoms with E-state index < -0.39 is 0 Å². The first-order chi connectivity index (χ1) is 14.6. The second-order valence-corrected chi connectivity index (χ2v) is 7.47. The maximum Gasteiger partial charge on any atom is 0.223 e. The summed E-state index contributed by atoms with van der Waals surface area (Å²) < 4.78 is 12.9. The lowest BCUT2D eigenvalue weighted by Crippen LogP contribution is -2.35. The van der Waals surface area contributed by atoms with Crippen molar-refractivity contribution in [2.45, 2.75) is 25.8 Å². The summed E-state index contributed by atoms with van der Waals surface area (Å²) >= 11 is 0. The van der Waals surface area contributed by atoms with E-state index in [1.165, 1.54) is 28.7 Å². The summed E-state index contributed by atoms with van der Waals surface area (Å²) in [5.74, 6) is -0.500. The van der Waals surface area contributed by atoms with Gasteiger partial charge in [-0.15, -0.1) is 0 Å². The van der Waals surface area contributed by atoms with Crippen LogP contribution in [-0.2, 0) is 16.1 Å². The summed E-state index contributed by atoms with van der Waals surface area (Å²) in [7, 11) is 0. The van der Waals surface area contributed by atoms with Crippen molar-refractivity contribution >= 4 is 28.3 Å². The normalized spacial score (nSPS) is 13.9. The number of carbonyl (C=O) groups is 2. The lowest BCUT2D eigenvalue weighted by Gasteiger charge is -2.26. The molecule has 0 saturated heterocycles. The minimum Gasteiger partial charge on any atom is -0.361 e. The van der Waals surface area contributed by atoms with E-state index in [9.17, 15) is 14.0 Å². The molecule has 2 N–H and O–H groups in total. The van der Waals surface area contributed by atoms with Crippen LogP contribution in [0.3, 0.4) is 0 Å². The number of aromatic nitrogens is 1. The Kier molecular flexibility index (Phi) is 5.93. The molecule has 0 saturated carbocycles. The summed E-state index contributed by atoms with van der Waals surface area (Å²) in [6.07, 6.45) is 5.26. The Morgan fingerprint density at radius 3 is 2.63 bits per heavy atom. The van der Waals surface area contributed by atoms with E-state index in [0.29, 0.717) is 19.6 Å². The fraction of sp³-hybridized carbons (Fsp3) is 0.250. The van der Waals surface area contributed by atoms with E-state index in [1.807, 2.05) is 18.3 Å². The molecule has 0 aliphatic carbocycles. The van der Waals surface area contributed by atoms with Gasteiger partial charge in [-0.3, -0.25) is 9.59 Å². The molecule has 154 valence electrons. The van der Waals surface area contributed by atoms with E-state index in [-0.39, 0.29) is 30.5 Å². The predicted octanol–water partition coefficient (Wildman–Crippen LogP) is 4.02. The van der Waals surface area contributed by atoms with Gasteiger partial charge >= 0.3 is 0 Å². The zero-order valence-electron chi connectivity index (χ0n) is 16.7. The number of amides is 2. The van der Waals surface area contributed by atoms with Crippen molar-refractivity contribution in [2.75, 3.05) is 13.1 Å². The molecule has 1 aromatic heterocycles. The fourth-order valence-electron chi connectivity index (χ4n) is 3.75. The van der Waals surface area contributed by atoms with Gasteiger partial charge < -0.3 is 15.2 Å². The molecular weight excluding hydrogens is 381 g/mol. The first-order valence-corrected chi connectivity index (χ1v) is 10.1. The number of benzene rings is 2. The lowest BCUT2D eigenvalue weighted by atomic mass is 9.98. The van der Waals surface area contributed by atoms with Crippen LogP contribution in [0.1, 0.15) is 30.4 Å². The molecule has 3 aromatic rings. The number of rotatable bonds is 6. The van der Waals surface area contributed by atoms with Gasteiger partial charge in [-0.2, -0.15) is 0 Å². The molecule has 1 aliphatic heterocycles. The summed E-state index contributed by atoms with van der Waals surface area (Å²) in [6, 6.07) is 14.2. The topological polar surface area (TPSA) is 65.2 Å². The summed E-state index contributed by atoms with van der Waals surface area (Å²) in [5, 5.41) is 3.97. The Balaban J connectivity index is 1.26. The van der Waals surface area contributed by atoms with E-state index in [4.69, 9.17) is 0 Å². The van der Waals surface area contributed by atoms with Crippen LogP contribution in [0, 0.1) is 5.82 Å². The number of carbonyl (C=O) groups excluding carboxylic acids is 2. The molecule has 2 amide bonds. The van der Waals surface area contributed by atoms with Gasteiger partial charge in [0.05, 0.1) is 0 Å². The number of fused-ring (bicyclic) bond motifs is 1. The maximum atomic E-state index is 12.9. The van der Waals surface area contributed by atoms with Crippen LogP contribution in [0.5, 0.6) is 0 Å². The number of H-pyrrole nitrogens is 1. The van der Waals surface area contributed by atoms with Crippen LogP contribution in [0.4, 0.5) is 4.39 Å². The molecule has 0 fully saturated rings. The molecule has 6 heteroatoms. The second-order valence-electron chi connectivity index (χ2n) is 7.47. The third kappa shape index (κ3) is 4.59. The Bertz CT molecular complexity index is 1090. The van der Waals surface area contributed by atoms with Gasteiger partial charge in [-0.1, -0.05) is 36.4 Å². The molecular formula is C24H24FN3O2. The van der Waals surface area contributed by atoms with Crippen molar-refractivity contribution in [1.82, 2.24) is 15.2 Å². The van der Waals surface area contributed by atoms with Crippen LogP contribution in [0.2, 0.25) is 0 Å². The summed E-state index contributed by atoms with van der Waals surface area (Å²) in [4.78, 5) is 29.6. The maximum absolute atomic E-state index is 12.9. The van der Waals surface area contributed by atoms with Crippen LogP contribution in [0.25, 0.3) is 16.5 Å². The number of nitrogens with one attached hydrogen (secondary N) is 2. The van der Waals surface area contributed by atoms with Crippen molar-refractivity contribution in [1.29, 1.82) is 0 Å². The van der Waals surface area contributed by atoms with Gasteiger partial charge in [0.15, 0.2) is 0 Å². The zero-order valence-corrected chi connectivity index (χ0v) is 16.7. The quantitative estimate of drug-likeness (QED) is 0.651. The molecule has 0 atom stereocenters. The van der Waals surface area contributed by atoms with Gasteiger partial charge in [0.25, 0.3) is 0 Å². The van der Waals surface area contributed by atoms with Crippen molar-refractivity contribution in [2.24, 2.45) is 0 Å². The van der Waals surface area contributed by atoms with Crippen molar-refractivity contribution in [3.63, 3.8) is 0 Å². The Hall–Kier alpha value is -3.41. The molecule has 5 nitrogen and oxygen atoms in total. The van der Waals surface area contributed by atoms with Gasteiger partial charge in [-0.05, 0) is 35.8 Å². The Morgan fingerprint density at radius 1 is 1.07 bits per heavy atom. The predicted molar refractivity (Wildman–Crippen MR) is 115 cm³/mol. The van der Waals surface area contributed by atoms with Gasteiger partial charge in [0.2, 0.25) is 11.8 Å². The van der Waals surface area contributed by atoms with Gasteiger partial charge in [0.1, 0.15) is 5.82 Å². The molecule has 2 aromatic carbocycles. The average Bonchev–Trinajstić information content (AvgIpc) is 3.21. The fourth-order valence-corrected chi connectivity index (χ4v) is 3.75. The van der Waals surface area contributed by atoms with Crippen LogP contribution in [0.15, 0.2) is 60.8 Å². The molecule has 30 heavy (non-hydrogen) atoms. The second kappa shape index (κ2) is 8.95. The highest BCUT2D eigenvalue weighted by Crippen LogP contribution is 2.29. The Labute approximate surface area is 174 Å². The van der Waals surface area contributed by atoms with E-state index in [0.717, 1.165) is 17.5 Å². The van der Waals surface area contributed by atoms with E-state index in [2.05, 4.69) is 28.5 Å². The van der Waals surface area contributed by atoms with Crippen LogP contribution in [-0.4, -0.2) is 34.8 Å². The number of halogens is 1. The van der Waals surface area contributed by atoms with Crippen molar-refractivity contribution in [3.8, 4) is 0 Å². The first kappa shape index (κ1) is 19.9. The number of aromatic amines is 1. The monoisotopic (exact) mass is 405 g/mol. The summed E-state index contributed by atoms with van der Waals surface area (Å²) in [5.41, 5.74) is 4.37. The molecule has 4 rings (SSSR count). The molecule has 1 aliphatic rings. The molecule has 0 bridgehead atoms. The van der Waals surface area contributed by atoms with E-state index in [1.54, 1.807) is 17.0 Å². The average molecular weight is 405 g/mol. The lowest BCUT2D eigenvalue weighted by molar-refractivity contribution is -0.133. The standard InChI is InChI=1S/C24H24FN3O2/c25-19-7-5-17(6-8-19)15-27-23(29)9-10-24(30)28-13-11-18(12-14-28)21-16-26-22-4-2-1-3-20(21)22/h1-8,11,16,26H,9-10,12-15H2,(H,27,29). The van der Waals surface area contributed by atoms with Gasteiger partial charge in [0, 0.05) is 55.1 Å². The number of hydrogen-bond acceptors (Lipinski definition) is 2. The third-order valence-corrected chi connectivity index (χ3v) is 5.47. The molecule has 0 spiro atoms. The van der Waals surface area contributed by atoms with Crippen LogP contribution < -0.4 is 5.32 Å². The smallest absolute Gasteiger partial charge is 0.223 e. The van der Waals surface area contributed by atoms with Gasteiger partial charge in [-0.25, -0.2) is 4.39 Å². The van der Waals surface area contributed by atoms with E-state index >= 15 is 0 Å². The number of hydrogen-bond donors (Lipinski definition) is 2. The zero-order chi connectivity index (χ0) is 20.9. The highest BCUT2D eigenvalue weighted by Gasteiger charge is 2.20. The minimum absolute atomic E-state index is 0.0128. The molecule has 0 unspecified atom stereocenters. The van der Waals surface area contributed by atoms with Crippen molar-refractivity contribution < 1.29 is 14.0 Å². The van der Waals surface area contributed by atoms with Crippen LogP contribution >= 0.6 is 0 Å². The highest BCUT2D eigenvalue weighted by molar-refractivity contribution is 5.93. The number of para-hydroxylation sites is 1. The minimum atomic E-state index is -0.306. The largest absolute Gasteiger partial charge is 0.361 e.